The van der Waals surface area contributed by atoms with E-state index in [2.05, 4.69) is 21.3 Å². The van der Waals surface area contributed by atoms with Crippen molar-refractivity contribution in [1.82, 2.24) is 26.2 Å². The number of esters is 1. The van der Waals surface area contributed by atoms with Crippen molar-refractivity contribution < 1.29 is 46.6 Å². The molecule has 4 N–H and O–H groups in total. The van der Waals surface area contributed by atoms with Gasteiger partial charge in [-0.05, 0) is 82.1 Å². The van der Waals surface area contributed by atoms with Crippen LogP contribution in [-0.4, -0.2) is 92.2 Å². The maximum absolute atomic E-state index is 14.3. The second-order valence-corrected chi connectivity index (χ2v) is 14.3. The summed E-state index contributed by atoms with van der Waals surface area (Å²) in [5.74, 6) is -4.23. The van der Waals surface area contributed by atoms with E-state index in [0.29, 0.717) is 50.1 Å². The Morgan fingerprint density at radius 1 is 0.925 bits per heavy atom. The summed E-state index contributed by atoms with van der Waals surface area (Å²) < 4.78 is 52.4. The van der Waals surface area contributed by atoms with Crippen LogP contribution in [0.4, 0.5) is 18.0 Å². The van der Waals surface area contributed by atoms with E-state index in [9.17, 15) is 37.1 Å². The number of alkyl halides is 3. The van der Waals surface area contributed by atoms with Crippen molar-refractivity contribution in [2.24, 2.45) is 11.8 Å². The molecule has 2 heterocycles. The molecule has 2 aliphatic heterocycles. The first-order chi connectivity index (χ1) is 25.1. The Labute approximate surface area is 307 Å². The number of cyclic esters (lactones) is 1. The summed E-state index contributed by atoms with van der Waals surface area (Å²) in [7, 11) is 0. The van der Waals surface area contributed by atoms with E-state index in [1.54, 1.807) is 37.8 Å². The molecule has 4 amide bonds. The zero-order valence-electron chi connectivity index (χ0n) is 30.5. The Hall–Kier alpha value is -4.66. The fraction of sp³-hybridized carbons (Fsp3) is 0.553. The fourth-order valence-corrected chi connectivity index (χ4v) is 6.38. The van der Waals surface area contributed by atoms with Gasteiger partial charge >= 0.3 is 18.2 Å². The van der Waals surface area contributed by atoms with E-state index >= 15 is 0 Å². The highest BCUT2D eigenvalue weighted by atomic mass is 19.4. The number of hydrogen-bond acceptors (Lipinski definition) is 8. The molecule has 0 radical (unpaired) electrons. The summed E-state index contributed by atoms with van der Waals surface area (Å²) >= 11 is 0. The average Bonchev–Trinajstić information content (AvgIpc) is 3.12. The molecule has 0 bridgehead atoms. The van der Waals surface area contributed by atoms with Gasteiger partial charge in [-0.1, -0.05) is 42.5 Å². The molecule has 2 fully saturated rings. The Morgan fingerprint density at radius 2 is 1.62 bits per heavy atom. The Morgan fingerprint density at radius 3 is 2.30 bits per heavy atom. The predicted octanol–water partition coefficient (Wildman–Crippen LogP) is 4.21. The summed E-state index contributed by atoms with van der Waals surface area (Å²) in [5, 5.41) is 11.3. The van der Waals surface area contributed by atoms with E-state index in [1.165, 1.54) is 30.3 Å². The summed E-state index contributed by atoms with van der Waals surface area (Å²) in [6.45, 7) is 7.37. The highest BCUT2D eigenvalue weighted by molar-refractivity contribution is 5.92. The molecule has 3 atom stereocenters. The van der Waals surface area contributed by atoms with Crippen molar-refractivity contribution in [1.29, 1.82) is 0 Å². The lowest BCUT2D eigenvalue weighted by molar-refractivity contribution is -0.164. The minimum Gasteiger partial charge on any atom is -0.460 e. The van der Waals surface area contributed by atoms with Crippen molar-refractivity contribution in [3.63, 3.8) is 0 Å². The van der Waals surface area contributed by atoms with Gasteiger partial charge in [-0.25, -0.2) is 4.79 Å². The number of alkyl carbamates (subject to hydrolysis) is 1. The van der Waals surface area contributed by atoms with Crippen LogP contribution in [-0.2, 0) is 41.2 Å². The number of halogens is 3. The Balaban J connectivity index is 1.64. The van der Waals surface area contributed by atoms with Crippen molar-refractivity contribution in [2.45, 2.75) is 77.1 Å². The van der Waals surface area contributed by atoms with Crippen LogP contribution in [0.25, 0.3) is 11.1 Å². The van der Waals surface area contributed by atoms with Crippen molar-refractivity contribution in [3.05, 3.63) is 59.7 Å². The molecule has 0 spiro atoms. The van der Waals surface area contributed by atoms with Gasteiger partial charge in [0.2, 0.25) is 17.7 Å². The predicted molar refractivity (Wildman–Crippen MR) is 190 cm³/mol. The third kappa shape index (κ3) is 12.8. The standard InChI is InChI=1S/C38H50F3N5O7/c1-37(2,3)53-35(50)28-10-8-22-52-36(51)43-17-7-6-12-31(34(49)44-24-32(47)46-20-18-42-19-21-46)45-33(48)29(28)23-25-13-15-26(16-14-25)27-9-4-5-11-30(27)38(39,40)41/h4-5,9,11,13-16,28-29,31,42H,6-8,10,12,17-24H2,1-3H3,(H,43,51)(H,44,49)(H,45,48)/t28-,29+,31-/m0/s1. The van der Waals surface area contributed by atoms with Gasteiger partial charge in [0, 0.05) is 32.7 Å². The van der Waals surface area contributed by atoms with Crippen LogP contribution in [0.1, 0.15) is 64.0 Å². The number of piperazine rings is 1. The highest BCUT2D eigenvalue weighted by Crippen LogP contribution is 2.37. The lowest BCUT2D eigenvalue weighted by Crippen LogP contribution is -2.53. The first kappa shape index (κ1) is 41.1. The molecule has 12 nitrogen and oxygen atoms in total. The number of benzene rings is 2. The minimum atomic E-state index is -4.57. The molecular formula is C38H50F3N5O7. The van der Waals surface area contributed by atoms with E-state index in [-0.39, 0.29) is 56.9 Å². The maximum Gasteiger partial charge on any atom is 0.417 e. The van der Waals surface area contributed by atoms with Gasteiger partial charge in [0.25, 0.3) is 0 Å². The highest BCUT2D eigenvalue weighted by Gasteiger charge is 2.38. The first-order valence-corrected chi connectivity index (χ1v) is 18.1. The summed E-state index contributed by atoms with van der Waals surface area (Å²) in [4.78, 5) is 68.4. The van der Waals surface area contributed by atoms with Crippen molar-refractivity contribution in [2.75, 3.05) is 45.9 Å². The molecule has 15 heteroatoms. The van der Waals surface area contributed by atoms with Gasteiger partial charge in [-0.15, -0.1) is 0 Å². The number of carbonyl (C=O) groups excluding carboxylic acids is 5. The molecular weight excluding hydrogens is 695 g/mol. The summed E-state index contributed by atoms with van der Waals surface area (Å²) in [6, 6.07) is 10.4. The van der Waals surface area contributed by atoms with Crippen LogP contribution >= 0.6 is 0 Å². The topological polar surface area (TPSA) is 155 Å². The van der Waals surface area contributed by atoms with Gasteiger partial charge < -0.3 is 35.6 Å². The van der Waals surface area contributed by atoms with Crippen LogP contribution in [0.3, 0.4) is 0 Å². The van der Waals surface area contributed by atoms with Crippen LogP contribution in [0.15, 0.2) is 48.5 Å². The summed E-state index contributed by atoms with van der Waals surface area (Å²) in [6.07, 6.45) is -3.84. The second-order valence-electron chi connectivity index (χ2n) is 14.3. The lowest BCUT2D eigenvalue weighted by atomic mass is 9.82. The van der Waals surface area contributed by atoms with Gasteiger partial charge in [-0.3, -0.25) is 19.2 Å². The number of carbonyl (C=O) groups is 5. The van der Waals surface area contributed by atoms with Crippen molar-refractivity contribution in [3.8, 4) is 11.1 Å². The number of hydrogen-bond donors (Lipinski definition) is 4. The zero-order chi connectivity index (χ0) is 38.6. The number of nitrogens with zero attached hydrogens (tertiary/aromatic N) is 1. The van der Waals surface area contributed by atoms with Crippen LogP contribution in [0, 0.1) is 11.8 Å². The van der Waals surface area contributed by atoms with Crippen LogP contribution in [0.2, 0.25) is 0 Å². The normalized spacial score (nSPS) is 21.2. The second kappa shape index (κ2) is 18.9. The van der Waals surface area contributed by atoms with Gasteiger partial charge in [0.15, 0.2) is 0 Å². The zero-order valence-corrected chi connectivity index (χ0v) is 30.5. The number of amides is 4. The number of ether oxygens (including phenoxy) is 2. The molecule has 290 valence electrons. The molecule has 0 unspecified atom stereocenters. The Bertz CT molecular complexity index is 1570. The third-order valence-corrected chi connectivity index (χ3v) is 9.08. The van der Waals surface area contributed by atoms with Gasteiger partial charge in [0.1, 0.15) is 11.6 Å². The maximum atomic E-state index is 14.3. The first-order valence-electron chi connectivity index (χ1n) is 18.1. The van der Waals surface area contributed by atoms with E-state index in [4.69, 9.17) is 9.47 Å². The molecule has 4 rings (SSSR count). The van der Waals surface area contributed by atoms with Crippen LogP contribution < -0.4 is 21.3 Å². The SMILES string of the molecule is CC(C)(C)OC(=O)[C@H]1CCCOC(=O)NCCCC[C@@H](C(=O)NCC(=O)N2CCNCC2)NC(=O)[C@@H]1Cc1ccc(-c2ccccc2C(F)(F)F)cc1. The fourth-order valence-electron chi connectivity index (χ4n) is 6.38. The largest absolute Gasteiger partial charge is 0.460 e. The molecule has 2 aromatic rings. The minimum absolute atomic E-state index is 0.00170. The van der Waals surface area contributed by atoms with Crippen molar-refractivity contribution >= 4 is 29.8 Å². The monoisotopic (exact) mass is 745 g/mol. The molecule has 2 aromatic carbocycles. The molecule has 0 aliphatic carbocycles. The van der Waals surface area contributed by atoms with E-state index in [0.717, 1.165) is 6.07 Å². The van der Waals surface area contributed by atoms with Gasteiger partial charge in [-0.2, -0.15) is 13.2 Å². The number of rotatable bonds is 7. The van der Waals surface area contributed by atoms with E-state index in [1.807, 2.05) is 0 Å². The lowest BCUT2D eigenvalue weighted by Gasteiger charge is -2.30. The molecule has 2 saturated heterocycles. The average molecular weight is 746 g/mol. The smallest absolute Gasteiger partial charge is 0.417 e. The quantitative estimate of drug-likeness (QED) is 0.308. The third-order valence-electron chi connectivity index (χ3n) is 9.08. The van der Waals surface area contributed by atoms with Crippen LogP contribution in [0.5, 0.6) is 0 Å². The van der Waals surface area contributed by atoms with Gasteiger partial charge in [0.05, 0.1) is 30.6 Å². The summed E-state index contributed by atoms with van der Waals surface area (Å²) in [5.41, 5.74) is -0.812. The molecule has 0 saturated carbocycles. The van der Waals surface area contributed by atoms with E-state index < -0.39 is 59.1 Å². The Kier molecular flexibility index (Phi) is 14.7. The number of nitrogens with one attached hydrogen (secondary N) is 4. The molecule has 2 aliphatic rings. The molecule has 53 heavy (non-hydrogen) atoms. The molecule has 0 aromatic heterocycles.